The number of halogens is 1. The lowest BCUT2D eigenvalue weighted by Gasteiger charge is -2.45. The summed E-state index contributed by atoms with van der Waals surface area (Å²) in [6.45, 7) is 7.92. The van der Waals surface area contributed by atoms with Gasteiger partial charge in [-0.25, -0.2) is 4.39 Å². The molecular formula is C20H27FN2O2. The Morgan fingerprint density at radius 1 is 1.36 bits per heavy atom. The minimum Gasteiger partial charge on any atom is -0.369 e. The molecule has 4 nitrogen and oxygen atoms in total. The Kier molecular flexibility index (Phi) is 5.54. The van der Waals surface area contributed by atoms with Gasteiger partial charge in [-0.1, -0.05) is 18.2 Å². The van der Waals surface area contributed by atoms with Crippen molar-refractivity contribution in [1.29, 1.82) is 0 Å². The molecule has 3 rings (SSSR count). The second-order valence-electron chi connectivity index (χ2n) is 7.53. The lowest BCUT2D eigenvalue weighted by Crippen LogP contribution is -2.55. The van der Waals surface area contributed by atoms with Gasteiger partial charge in [0, 0.05) is 12.6 Å². The quantitative estimate of drug-likeness (QED) is 0.785. The van der Waals surface area contributed by atoms with E-state index >= 15 is 0 Å². The molecule has 136 valence electrons. The minimum atomic E-state index is -0.376. The van der Waals surface area contributed by atoms with Crippen LogP contribution in [0.1, 0.15) is 38.4 Å². The Bertz CT molecular complexity index is 638. The van der Waals surface area contributed by atoms with E-state index < -0.39 is 0 Å². The highest BCUT2D eigenvalue weighted by Gasteiger charge is 2.37. The van der Waals surface area contributed by atoms with Crippen LogP contribution in [0, 0.1) is 5.82 Å². The van der Waals surface area contributed by atoms with Crippen LogP contribution in [-0.2, 0) is 9.53 Å². The number of hydrogen-bond donors (Lipinski definition) is 0. The zero-order valence-corrected chi connectivity index (χ0v) is 15.1. The normalized spacial score (nSPS) is 24.1. The molecule has 0 N–H and O–H groups in total. The molecule has 1 aromatic rings. The van der Waals surface area contributed by atoms with Crippen molar-refractivity contribution in [3.8, 4) is 0 Å². The summed E-state index contributed by atoms with van der Waals surface area (Å²) >= 11 is 0. The molecule has 0 spiro atoms. The molecule has 25 heavy (non-hydrogen) atoms. The van der Waals surface area contributed by atoms with Crippen molar-refractivity contribution in [2.24, 2.45) is 0 Å². The highest BCUT2D eigenvalue weighted by Crippen LogP contribution is 2.30. The van der Waals surface area contributed by atoms with Crippen LogP contribution in [0.2, 0.25) is 0 Å². The minimum absolute atomic E-state index is 0.00565. The molecular weight excluding hydrogens is 319 g/mol. The van der Waals surface area contributed by atoms with Crippen LogP contribution in [0.5, 0.6) is 0 Å². The van der Waals surface area contributed by atoms with Gasteiger partial charge >= 0.3 is 0 Å². The van der Waals surface area contributed by atoms with Crippen molar-refractivity contribution in [2.75, 3.05) is 32.8 Å². The Labute approximate surface area is 149 Å². The van der Waals surface area contributed by atoms with E-state index in [4.69, 9.17) is 4.74 Å². The molecule has 5 heteroatoms. The van der Waals surface area contributed by atoms with Gasteiger partial charge in [0.2, 0.25) is 5.91 Å². The number of morpholine rings is 1. The second kappa shape index (κ2) is 7.67. The highest BCUT2D eigenvalue weighted by atomic mass is 19.1. The third-order valence-electron chi connectivity index (χ3n) is 5.03. The summed E-state index contributed by atoms with van der Waals surface area (Å²) < 4.78 is 19.4. The van der Waals surface area contributed by atoms with E-state index in [2.05, 4.69) is 4.90 Å². The van der Waals surface area contributed by atoms with Crippen LogP contribution in [0.25, 0.3) is 0 Å². The fourth-order valence-corrected chi connectivity index (χ4v) is 3.50. The van der Waals surface area contributed by atoms with Gasteiger partial charge in [0.05, 0.1) is 18.7 Å². The first-order chi connectivity index (χ1) is 12.0. The van der Waals surface area contributed by atoms with Crippen LogP contribution < -0.4 is 0 Å². The van der Waals surface area contributed by atoms with Crippen LogP contribution in [0.3, 0.4) is 0 Å². The average Bonchev–Trinajstić information content (AvgIpc) is 3.08. The second-order valence-corrected chi connectivity index (χ2v) is 7.53. The van der Waals surface area contributed by atoms with E-state index in [0.29, 0.717) is 13.2 Å². The van der Waals surface area contributed by atoms with Gasteiger partial charge in [-0.2, -0.15) is 0 Å². The number of rotatable bonds is 4. The third-order valence-corrected chi connectivity index (χ3v) is 5.03. The van der Waals surface area contributed by atoms with Gasteiger partial charge in [0.1, 0.15) is 11.9 Å². The van der Waals surface area contributed by atoms with Crippen LogP contribution in [-0.4, -0.2) is 54.0 Å². The smallest absolute Gasteiger partial charge is 0.246 e. The monoisotopic (exact) mass is 346 g/mol. The van der Waals surface area contributed by atoms with Crippen molar-refractivity contribution in [2.45, 2.75) is 38.3 Å². The number of amides is 1. The molecule has 2 saturated heterocycles. The van der Waals surface area contributed by atoms with E-state index in [1.165, 1.54) is 25.0 Å². The zero-order valence-electron chi connectivity index (χ0n) is 15.1. The number of likely N-dealkylation sites (tertiary alicyclic amines) is 1. The van der Waals surface area contributed by atoms with Gasteiger partial charge in [0.25, 0.3) is 0 Å². The Morgan fingerprint density at radius 3 is 2.84 bits per heavy atom. The van der Waals surface area contributed by atoms with E-state index in [1.807, 2.05) is 30.9 Å². The van der Waals surface area contributed by atoms with Crippen molar-refractivity contribution in [3.63, 3.8) is 0 Å². The fraction of sp³-hybridized carbons (Fsp3) is 0.550. The molecule has 1 unspecified atom stereocenters. The Balaban J connectivity index is 1.66. The first kappa shape index (κ1) is 18.1. The molecule has 0 saturated carbocycles. The van der Waals surface area contributed by atoms with Crippen LogP contribution >= 0.6 is 0 Å². The average molecular weight is 346 g/mol. The summed E-state index contributed by atoms with van der Waals surface area (Å²) in [5.74, 6) is -0.289. The predicted octanol–water partition coefficient (Wildman–Crippen LogP) is 3.16. The number of ether oxygens (including phenoxy) is 1. The standard InChI is InChI=1S/C20H27FN2O2/c1-20(2)15-25-18(16-7-5-8-17(21)13-16)14-23(20)19(24)9-6-12-22-10-3-4-11-22/h5-9,13,18H,3-4,10-12,14-15H2,1-2H3/b9-6+. The maximum Gasteiger partial charge on any atom is 0.246 e. The molecule has 1 atom stereocenters. The molecule has 0 aliphatic carbocycles. The molecule has 2 fully saturated rings. The van der Waals surface area contributed by atoms with E-state index in [9.17, 15) is 9.18 Å². The van der Waals surface area contributed by atoms with Crippen molar-refractivity contribution < 1.29 is 13.9 Å². The number of carbonyl (C=O) groups excluding carboxylic acids is 1. The molecule has 2 aliphatic heterocycles. The third kappa shape index (κ3) is 4.47. The number of carbonyl (C=O) groups is 1. The van der Waals surface area contributed by atoms with Gasteiger partial charge < -0.3 is 9.64 Å². The predicted molar refractivity (Wildman–Crippen MR) is 95.7 cm³/mol. The number of hydrogen-bond acceptors (Lipinski definition) is 3. The molecule has 1 aromatic carbocycles. The summed E-state index contributed by atoms with van der Waals surface area (Å²) in [6, 6.07) is 6.42. The van der Waals surface area contributed by atoms with E-state index in [1.54, 1.807) is 12.1 Å². The molecule has 1 amide bonds. The molecule has 2 heterocycles. The van der Waals surface area contributed by atoms with Gasteiger partial charge in [-0.15, -0.1) is 0 Å². The molecule has 0 bridgehead atoms. The molecule has 2 aliphatic rings. The van der Waals surface area contributed by atoms with Crippen LogP contribution in [0.4, 0.5) is 4.39 Å². The van der Waals surface area contributed by atoms with Gasteiger partial charge in [-0.3, -0.25) is 9.69 Å². The van der Waals surface area contributed by atoms with E-state index in [-0.39, 0.29) is 23.4 Å². The lowest BCUT2D eigenvalue weighted by molar-refractivity contribution is -0.149. The number of benzene rings is 1. The topological polar surface area (TPSA) is 32.8 Å². The van der Waals surface area contributed by atoms with E-state index in [0.717, 1.165) is 25.2 Å². The van der Waals surface area contributed by atoms with Crippen molar-refractivity contribution in [1.82, 2.24) is 9.80 Å². The number of nitrogens with zero attached hydrogens (tertiary/aromatic N) is 2. The van der Waals surface area contributed by atoms with Crippen molar-refractivity contribution in [3.05, 3.63) is 47.8 Å². The van der Waals surface area contributed by atoms with Gasteiger partial charge in [0.15, 0.2) is 0 Å². The molecule has 0 radical (unpaired) electrons. The Hall–Kier alpha value is -1.72. The Morgan fingerprint density at radius 2 is 2.12 bits per heavy atom. The maximum atomic E-state index is 13.5. The molecule has 0 aromatic heterocycles. The highest BCUT2D eigenvalue weighted by molar-refractivity contribution is 5.88. The summed E-state index contributed by atoms with van der Waals surface area (Å²) in [7, 11) is 0. The SMILES string of the molecule is CC1(C)COC(c2cccc(F)c2)CN1C(=O)/C=C/CN1CCCC1. The summed E-state index contributed by atoms with van der Waals surface area (Å²) in [5.41, 5.74) is 0.396. The first-order valence-electron chi connectivity index (χ1n) is 9.03. The van der Waals surface area contributed by atoms with Crippen LogP contribution in [0.15, 0.2) is 36.4 Å². The fourth-order valence-electron chi connectivity index (χ4n) is 3.50. The van der Waals surface area contributed by atoms with Crippen molar-refractivity contribution >= 4 is 5.91 Å². The first-order valence-corrected chi connectivity index (χ1v) is 9.03. The van der Waals surface area contributed by atoms with Gasteiger partial charge in [-0.05, 0) is 57.5 Å². The largest absolute Gasteiger partial charge is 0.369 e. The zero-order chi connectivity index (χ0) is 17.9. The maximum absolute atomic E-state index is 13.5. The summed E-state index contributed by atoms with van der Waals surface area (Å²) in [4.78, 5) is 16.9. The summed E-state index contributed by atoms with van der Waals surface area (Å²) in [5, 5.41) is 0. The summed E-state index contributed by atoms with van der Waals surface area (Å²) in [6.07, 6.45) is 5.82. The lowest BCUT2D eigenvalue weighted by atomic mass is 9.98.